The molecule has 0 aromatic heterocycles. The summed E-state index contributed by atoms with van der Waals surface area (Å²) in [5, 5.41) is 38.6. The van der Waals surface area contributed by atoms with E-state index in [1.807, 2.05) is 20.8 Å². The number of carboxylic acid groups (broad SMARTS) is 2. The summed E-state index contributed by atoms with van der Waals surface area (Å²) >= 11 is 0. The lowest BCUT2D eigenvalue weighted by atomic mass is 9.93. The lowest BCUT2D eigenvalue weighted by Crippen LogP contribution is -2.18. The van der Waals surface area contributed by atoms with Crippen LogP contribution in [0.25, 0.3) is 28.0 Å². The summed E-state index contributed by atoms with van der Waals surface area (Å²) < 4.78 is 5.97. The van der Waals surface area contributed by atoms with Crippen molar-refractivity contribution in [1.82, 2.24) is 0 Å². The summed E-state index contributed by atoms with van der Waals surface area (Å²) in [5.41, 5.74) is 2.09. The maximum atomic E-state index is 11.2. The number of rotatable bonds is 6. The van der Waals surface area contributed by atoms with Crippen LogP contribution in [0.4, 0.5) is 0 Å². The van der Waals surface area contributed by atoms with Crippen LogP contribution in [0.15, 0.2) is 61.2 Å². The average molecular weight is 448 g/mol. The molecule has 3 aromatic rings. The molecule has 0 aliphatic heterocycles. The smallest absolute Gasteiger partial charge is 0.339 e. The quantitative estimate of drug-likeness (QED) is 0.361. The van der Waals surface area contributed by atoms with E-state index in [-0.39, 0.29) is 22.6 Å². The van der Waals surface area contributed by atoms with Gasteiger partial charge < -0.3 is 25.2 Å². The standard InChI is InChI=1S/C26H24O7/c1-14(33-26(2,3)4)21-11-15(16-6-9-19(24(29)30)22(27)12-16)5-8-18(21)17-7-10-20(25(31)32)23(28)13-17/h5-13,27-28H,1H2,2-4H3,(H,29,30)(H,31,32). The lowest BCUT2D eigenvalue weighted by molar-refractivity contribution is 0.0682. The third kappa shape index (κ3) is 5.15. The number of aromatic carboxylic acids is 2. The summed E-state index contributed by atoms with van der Waals surface area (Å²) in [6.07, 6.45) is 0. The zero-order chi connectivity index (χ0) is 24.5. The first-order valence-electron chi connectivity index (χ1n) is 10.0. The van der Waals surface area contributed by atoms with Crippen LogP contribution in [0.5, 0.6) is 11.5 Å². The molecule has 0 saturated heterocycles. The van der Waals surface area contributed by atoms with E-state index >= 15 is 0 Å². The van der Waals surface area contributed by atoms with E-state index in [0.29, 0.717) is 33.6 Å². The van der Waals surface area contributed by atoms with Gasteiger partial charge in [-0.25, -0.2) is 9.59 Å². The monoisotopic (exact) mass is 448 g/mol. The van der Waals surface area contributed by atoms with Gasteiger partial charge in [0.1, 0.15) is 34.0 Å². The fraction of sp³-hybridized carbons (Fsp3) is 0.154. The first-order chi connectivity index (χ1) is 15.4. The van der Waals surface area contributed by atoms with E-state index in [0.717, 1.165) is 0 Å². The number of benzene rings is 3. The Morgan fingerprint density at radius 1 is 0.727 bits per heavy atom. The molecule has 0 spiro atoms. The zero-order valence-electron chi connectivity index (χ0n) is 18.4. The minimum Gasteiger partial charge on any atom is -0.507 e. The average Bonchev–Trinajstić information content (AvgIpc) is 2.71. The first-order valence-corrected chi connectivity index (χ1v) is 10.0. The predicted molar refractivity (Wildman–Crippen MR) is 124 cm³/mol. The zero-order valence-corrected chi connectivity index (χ0v) is 18.4. The molecule has 0 unspecified atom stereocenters. The van der Waals surface area contributed by atoms with Crippen molar-refractivity contribution in [3.63, 3.8) is 0 Å². The predicted octanol–water partition coefficient (Wildman–Crippen LogP) is 5.61. The molecule has 0 atom stereocenters. The van der Waals surface area contributed by atoms with Crippen molar-refractivity contribution < 1.29 is 34.8 Å². The molecule has 3 rings (SSSR count). The highest BCUT2D eigenvalue weighted by atomic mass is 16.5. The lowest BCUT2D eigenvalue weighted by Gasteiger charge is -2.24. The van der Waals surface area contributed by atoms with Gasteiger partial charge in [0, 0.05) is 5.56 Å². The minimum absolute atomic E-state index is 0.204. The number of hydrogen-bond donors (Lipinski definition) is 4. The molecular weight excluding hydrogens is 424 g/mol. The number of carbonyl (C=O) groups is 2. The fourth-order valence-electron chi connectivity index (χ4n) is 3.40. The number of aromatic hydroxyl groups is 2. The molecule has 7 heteroatoms. The maximum Gasteiger partial charge on any atom is 0.339 e. The fourth-order valence-corrected chi connectivity index (χ4v) is 3.40. The molecular formula is C26H24O7. The summed E-state index contributed by atoms with van der Waals surface area (Å²) in [7, 11) is 0. The number of ether oxygens (including phenoxy) is 1. The van der Waals surface area contributed by atoms with Gasteiger partial charge in [0.15, 0.2) is 0 Å². The molecule has 0 heterocycles. The van der Waals surface area contributed by atoms with E-state index < -0.39 is 17.5 Å². The van der Waals surface area contributed by atoms with Crippen LogP contribution in [0, 0.1) is 0 Å². The summed E-state index contributed by atoms with van der Waals surface area (Å²) in [5.74, 6) is -2.84. The van der Waals surface area contributed by atoms with Crippen molar-refractivity contribution in [3.05, 3.63) is 77.9 Å². The molecule has 7 nitrogen and oxygen atoms in total. The number of carboxylic acids is 2. The Hall–Kier alpha value is -4.26. The van der Waals surface area contributed by atoms with Crippen molar-refractivity contribution in [2.45, 2.75) is 26.4 Å². The van der Waals surface area contributed by atoms with Gasteiger partial charge in [0.25, 0.3) is 0 Å². The molecule has 170 valence electrons. The minimum atomic E-state index is -1.24. The second-order valence-corrected chi connectivity index (χ2v) is 8.47. The SMILES string of the molecule is C=C(OC(C)(C)C)c1cc(-c2ccc(C(=O)O)c(O)c2)ccc1-c1ccc(C(=O)O)c(O)c1. The summed E-state index contributed by atoms with van der Waals surface area (Å²) in [4.78, 5) is 22.4. The Morgan fingerprint density at radius 3 is 1.67 bits per heavy atom. The molecule has 0 fully saturated rings. The van der Waals surface area contributed by atoms with Crippen LogP contribution in [0.2, 0.25) is 0 Å². The Labute approximate surface area is 190 Å². The van der Waals surface area contributed by atoms with E-state index in [2.05, 4.69) is 6.58 Å². The Bertz CT molecular complexity index is 1270. The second-order valence-electron chi connectivity index (χ2n) is 8.47. The van der Waals surface area contributed by atoms with Crippen molar-refractivity contribution in [3.8, 4) is 33.8 Å². The van der Waals surface area contributed by atoms with Gasteiger partial charge in [-0.1, -0.05) is 30.8 Å². The van der Waals surface area contributed by atoms with E-state index in [9.17, 15) is 24.9 Å². The second kappa shape index (κ2) is 8.70. The van der Waals surface area contributed by atoms with Crippen molar-refractivity contribution in [2.24, 2.45) is 0 Å². The van der Waals surface area contributed by atoms with Gasteiger partial charge in [-0.3, -0.25) is 0 Å². The normalized spacial score (nSPS) is 11.1. The van der Waals surface area contributed by atoms with E-state index in [4.69, 9.17) is 9.84 Å². The van der Waals surface area contributed by atoms with E-state index in [1.165, 1.54) is 24.3 Å². The van der Waals surface area contributed by atoms with E-state index in [1.54, 1.807) is 30.3 Å². The highest BCUT2D eigenvalue weighted by Crippen LogP contribution is 2.37. The molecule has 0 radical (unpaired) electrons. The number of phenols is 2. The summed E-state index contributed by atoms with van der Waals surface area (Å²) in [6, 6.07) is 13.8. The van der Waals surface area contributed by atoms with Gasteiger partial charge >= 0.3 is 11.9 Å². The van der Waals surface area contributed by atoms with Gasteiger partial charge in [0.2, 0.25) is 0 Å². The van der Waals surface area contributed by atoms with Crippen molar-refractivity contribution in [1.29, 1.82) is 0 Å². The molecule has 0 aliphatic rings. The van der Waals surface area contributed by atoms with Crippen LogP contribution in [-0.4, -0.2) is 38.0 Å². The Kier molecular flexibility index (Phi) is 6.17. The largest absolute Gasteiger partial charge is 0.507 e. The van der Waals surface area contributed by atoms with Crippen molar-refractivity contribution in [2.75, 3.05) is 0 Å². The van der Waals surface area contributed by atoms with Gasteiger partial charge in [-0.15, -0.1) is 0 Å². The Morgan fingerprint density at radius 2 is 1.18 bits per heavy atom. The maximum absolute atomic E-state index is 11.2. The Balaban J connectivity index is 2.16. The highest BCUT2D eigenvalue weighted by molar-refractivity contribution is 5.93. The third-order valence-electron chi connectivity index (χ3n) is 4.85. The molecule has 33 heavy (non-hydrogen) atoms. The molecule has 0 bridgehead atoms. The van der Waals surface area contributed by atoms with Crippen LogP contribution in [0.3, 0.4) is 0 Å². The van der Waals surface area contributed by atoms with Gasteiger partial charge in [-0.05, 0) is 73.4 Å². The summed E-state index contributed by atoms with van der Waals surface area (Å²) in [6.45, 7) is 9.67. The van der Waals surface area contributed by atoms with Gasteiger partial charge in [0.05, 0.1) is 0 Å². The molecule has 3 aromatic carbocycles. The van der Waals surface area contributed by atoms with Crippen LogP contribution in [-0.2, 0) is 4.74 Å². The molecule has 0 saturated carbocycles. The van der Waals surface area contributed by atoms with Crippen molar-refractivity contribution >= 4 is 17.7 Å². The third-order valence-corrected chi connectivity index (χ3v) is 4.85. The molecule has 0 aliphatic carbocycles. The first kappa shape index (κ1) is 23.4. The molecule has 0 amide bonds. The van der Waals surface area contributed by atoms with Crippen LogP contribution in [0.1, 0.15) is 47.1 Å². The number of hydrogen-bond acceptors (Lipinski definition) is 5. The van der Waals surface area contributed by atoms with Crippen LogP contribution >= 0.6 is 0 Å². The van der Waals surface area contributed by atoms with Crippen LogP contribution < -0.4 is 0 Å². The topological polar surface area (TPSA) is 124 Å². The molecule has 4 N–H and O–H groups in total. The highest BCUT2D eigenvalue weighted by Gasteiger charge is 2.19. The van der Waals surface area contributed by atoms with Gasteiger partial charge in [-0.2, -0.15) is 0 Å².